The second-order valence-corrected chi connectivity index (χ2v) is 5.69. The molecule has 0 radical (unpaired) electrons. The predicted molar refractivity (Wildman–Crippen MR) is 82.9 cm³/mol. The van der Waals surface area contributed by atoms with Crippen LogP contribution in [0.5, 0.6) is 0 Å². The van der Waals surface area contributed by atoms with E-state index in [1.807, 2.05) is 11.6 Å². The van der Waals surface area contributed by atoms with Crippen LogP contribution in [0.3, 0.4) is 0 Å². The van der Waals surface area contributed by atoms with Crippen LogP contribution >= 0.6 is 11.6 Å². The summed E-state index contributed by atoms with van der Waals surface area (Å²) in [6.45, 7) is 12.8. The quantitative estimate of drug-likeness (QED) is 0.787. The van der Waals surface area contributed by atoms with Crippen LogP contribution in [-0.4, -0.2) is 22.4 Å². The Kier molecular flexibility index (Phi) is 6.87. The molecule has 0 saturated carbocycles. The highest BCUT2D eigenvalue weighted by Crippen LogP contribution is 2.24. The highest BCUT2D eigenvalue weighted by Gasteiger charge is 2.21. The van der Waals surface area contributed by atoms with E-state index < -0.39 is 0 Å². The summed E-state index contributed by atoms with van der Waals surface area (Å²) in [6, 6.07) is 0.476. The maximum Gasteiger partial charge on any atom is 0.0847 e. The number of aromatic nitrogens is 2. The smallest absolute Gasteiger partial charge is 0.0847 e. The number of rotatable bonds is 8. The summed E-state index contributed by atoms with van der Waals surface area (Å²) >= 11 is 6.41. The number of nitrogens with one attached hydrogen (secondary N) is 1. The zero-order valence-electron chi connectivity index (χ0n) is 13.0. The third-order valence-electron chi connectivity index (χ3n) is 3.85. The molecule has 3 nitrogen and oxygen atoms in total. The number of aryl methyl sites for hydroxylation is 2. The standard InChI is InChI=1S/C15H28ClN3/c1-6-9-17-13(11(4)7-2)10-14-15(16)12(5)18-19(14)8-3/h11,13,17H,6-10H2,1-5H3. The van der Waals surface area contributed by atoms with Crippen molar-refractivity contribution >= 4 is 11.6 Å². The monoisotopic (exact) mass is 285 g/mol. The van der Waals surface area contributed by atoms with Gasteiger partial charge in [-0.15, -0.1) is 0 Å². The summed E-state index contributed by atoms with van der Waals surface area (Å²) in [5, 5.41) is 9.00. The topological polar surface area (TPSA) is 29.9 Å². The third-order valence-corrected chi connectivity index (χ3v) is 4.35. The van der Waals surface area contributed by atoms with Crippen LogP contribution in [0.2, 0.25) is 5.02 Å². The molecule has 0 bridgehead atoms. The predicted octanol–water partition coefficient (Wildman–Crippen LogP) is 3.82. The molecule has 19 heavy (non-hydrogen) atoms. The van der Waals surface area contributed by atoms with Gasteiger partial charge in [-0.3, -0.25) is 4.68 Å². The van der Waals surface area contributed by atoms with E-state index in [2.05, 4.69) is 38.1 Å². The van der Waals surface area contributed by atoms with Crippen molar-refractivity contribution in [3.63, 3.8) is 0 Å². The average Bonchev–Trinajstić information content (AvgIpc) is 2.69. The summed E-state index contributed by atoms with van der Waals surface area (Å²) in [5.74, 6) is 0.642. The average molecular weight is 286 g/mol. The fourth-order valence-corrected chi connectivity index (χ4v) is 2.57. The molecule has 1 heterocycles. The van der Waals surface area contributed by atoms with Gasteiger partial charge in [0, 0.05) is 19.0 Å². The minimum absolute atomic E-state index is 0.476. The van der Waals surface area contributed by atoms with Crippen LogP contribution in [0.4, 0.5) is 0 Å². The van der Waals surface area contributed by atoms with Gasteiger partial charge in [-0.25, -0.2) is 0 Å². The number of halogens is 1. The van der Waals surface area contributed by atoms with E-state index in [0.717, 1.165) is 36.6 Å². The molecule has 4 heteroatoms. The molecule has 1 aromatic heterocycles. The Bertz CT molecular complexity index is 387. The molecule has 1 rings (SSSR count). The highest BCUT2D eigenvalue weighted by atomic mass is 35.5. The van der Waals surface area contributed by atoms with Gasteiger partial charge in [0.15, 0.2) is 0 Å². The van der Waals surface area contributed by atoms with Crippen molar-refractivity contribution in [2.45, 2.75) is 66.5 Å². The van der Waals surface area contributed by atoms with E-state index >= 15 is 0 Å². The number of nitrogens with zero attached hydrogens (tertiary/aromatic N) is 2. The number of hydrogen-bond donors (Lipinski definition) is 1. The van der Waals surface area contributed by atoms with Crippen LogP contribution in [0.25, 0.3) is 0 Å². The van der Waals surface area contributed by atoms with Crippen LogP contribution in [0.1, 0.15) is 51.9 Å². The zero-order chi connectivity index (χ0) is 14.4. The van der Waals surface area contributed by atoms with E-state index in [-0.39, 0.29) is 0 Å². The van der Waals surface area contributed by atoms with Crippen LogP contribution in [0.15, 0.2) is 0 Å². The Balaban J connectivity index is 2.88. The first-order valence-electron chi connectivity index (χ1n) is 7.50. The first kappa shape index (κ1) is 16.5. The second kappa shape index (κ2) is 7.91. The summed E-state index contributed by atoms with van der Waals surface area (Å²) in [4.78, 5) is 0. The van der Waals surface area contributed by atoms with Gasteiger partial charge in [-0.05, 0) is 32.7 Å². The molecule has 0 aromatic carbocycles. The van der Waals surface area contributed by atoms with Crippen LogP contribution in [-0.2, 0) is 13.0 Å². The Morgan fingerprint density at radius 3 is 2.53 bits per heavy atom. The molecule has 0 aliphatic rings. The summed E-state index contributed by atoms with van der Waals surface area (Å²) in [7, 11) is 0. The molecule has 0 spiro atoms. The molecule has 0 saturated heterocycles. The molecule has 0 amide bonds. The van der Waals surface area contributed by atoms with Gasteiger partial charge in [0.25, 0.3) is 0 Å². The summed E-state index contributed by atoms with van der Waals surface area (Å²) < 4.78 is 2.04. The zero-order valence-corrected chi connectivity index (χ0v) is 13.7. The molecular formula is C15H28ClN3. The van der Waals surface area contributed by atoms with Crippen molar-refractivity contribution in [2.24, 2.45) is 5.92 Å². The van der Waals surface area contributed by atoms with Crippen molar-refractivity contribution in [3.8, 4) is 0 Å². The van der Waals surface area contributed by atoms with E-state index in [4.69, 9.17) is 11.6 Å². The summed E-state index contributed by atoms with van der Waals surface area (Å²) in [6.07, 6.45) is 3.30. The van der Waals surface area contributed by atoms with Gasteiger partial charge in [-0.1, -0.05) is 38.8 Å². The van der Waals surface area contributed by atoms with Crippen molar-refractivity contribution in [1.29, 1.82) is 0 Å². The van der Waals surface area contributed by atoms with Crippen molar-refractivity contribution in [1.82, 2.24) is 15.1 Å². The largest absolute Gasteiger partial charge is 0.313 e. The van der Waals surface area contributed by atoms with E-state index in [1.54, 1.807) is 0 Å². The Morgan fingerprint density at radius 2 is 2.00 bits per heavy atom. The molecule has 1 aromatic rings. The Labute approximate surface area is 122 Å². The molecule has 2 atom stereocenters. The fourth-order valence-electron chi connectivity index (χ4n) is 2.36. The number of hydrogen-bond acceptors (Lipinski definition) is 2. The third kappa shape index (κ3) is 4.22. The van der Waals surface area contributed by atoms with Crippen LogP contribution in [0, 0.1) is 12.8 Å². The van der Waals surface area contributed by atoms with E-state index in [0.29, 0.717) is 12.0 Å². The Hall–Kier alpha value is -0.540. The second-order valence-electron chi connectivity index (χ2n) is 5.31. The molecule has 2 unspecified atom stereocenters. The first-order chi connectivity index (χ1) is 9.04. The lowest BCUT2D eigenvalue weighted by Crippen LogP contribution is -2.37. The lowest BCUT2D eigenvalue weighted by atomic mass is 9.94. The molecule has 0 fully saturated rings. The normalized spacial score (nSPS) is 14.6. The van der Waals surface area contributed by atoms with E-state index in [9.17, 15) is 0 Å². The van der Waals surface area contributed by atoms with Gasteiger partial charge in [0.2, 0.25) is 0 Å². The SMILES string of the molecule is CCCNC(Cc1c(Cl)c(C)nn1CC)C(C)CC. The minimum atomic E-state index is 0.476. The maximum absolute atomic E-state index is 6.41. The van der Waals surface area contributed by atoms with Gasteiger partial charge >= 0.3 is 0 Å². The minimum Gasteiger partial charge on any atom is -0.313 e. The van der Waals surface area contributed by atoms with Crippen molar-refractivity contribution in [3.05, 3.63) is 16.4 Å². The lowest BCUT2D eigenvalue weighted by Gasteiger charge is -2.24. The summed E-state index contributed by atoms with van der Waals surface area (Å²) in [5.41, 5.74) is 2.12. The molecule has 0 aliphatic heterocycles. The van der Waals surface area contributed by atoms with Crippen molar-refractivity contribution in [2.75, 3.05) is 6.54 Å². The fraction of sp³-hybridized carbons (Fsp3) is 0.800. The lowest BCUT2D eigenvalue weighted by molar-refractivity contribution is 0.357. The van der Waals surface area contributed by atoms with Gasteiger partial charge in [0.1, 0.15) is 0 Å². The molecular weight excluding hydrogens is 258 g/mol. The van der Waals surface area contributed by atoms with E-state index in [1.165, 1.54) is 12.1 Å². The first-order valence-corrected chi connectivity index (χ1v) is 7.87. The van der Waals surface area contributed by atoms with Gasteiger partial charge in [-0.2, -0.15) is 5.10 Å². The van der Waals surface area contributed by atoms with Crippen molar-refractivity contribution < 1.29 is 0 Å². The van der Waals surface area contributed by atoms with Gasteiger partial charge in [0.05, 0.1) is 16.4 Å². The maximum atomic E-state index is 6.41. The van der Waals surface area contributed by atoms with Gasteiger partial charge < -0.3 is 5.32 Å². The molecule has 1 N–H and O–H groups in total. The highest BCUT2D eigenvalue weighted by molar-refractivity contribution is 6.31. The molecule has 110 valence electrons. The Morgan fingerprint density at radius 1 is 1.32 bits per heavy atom. The molecule has 0 aliphatic carbocycles. The van der Waals surface area contributed by atoms with Crippen LogP contribution < -0.4 is 5.32 Å².